The van der Waals surface area contributed by atoms with E-state index in [0.717, 1.165) is 6.07 Å². The van der Waals surface area contributed by atoms with Gasteiger partial charge in [-0.1, -0.05) is 33.8 Å². The molecule has 0 spiro atoms. The molecule has 0 aliphatic carbocycles. The maximum Gasteiger partial charge on any atom is 0.416 e. The van der Waals surface area contributed by atoms with E-state index in [0.29, 0.717) is 0 Å². The quantitative estimate of drug-likeness (QED) is 0.696. The van der Waals surface area contributed by atoms with Gasteiger partial charge in [-0.3, -0.25) is 4.79 Å². The van der Waals surface area contributed by atoms with Crippen molar-refractivity contribution in [2.24, 2.45) is 0 Å². The minimum absolute atomic E-state index is 0.0829. The summed E-state index contributed by atoms with van der Waals surface area (Å²) in [4.78, 5) is 11.4. The average molecular weight is 361 g/mol. The molecular formula is C17H26F3NO2Si. The van der Waals surface area contributed by atoms with E-state index in [1.807, 2.05) is 33.9 Å². The Morgan fingerprint density at radius 1 is 1.21 bits per heavy atom. The minimum atomic E-state index is -4.50. The highest BCUT2D eigenvalue weighted by Gasteiger charge is 2.38. The predicted octanol–water partition coefficient (Wildman–Crippen LogP) is 5.58. The zero-order chi connectivity index (χ0) is 18.8. The summed E-state index contributed by atoms with van der Waals surface area (Å²) in [6.45, 7) is 11.6. The van der Waals surface area contributed by atoms with Gasteiger partial charge in [0.15, 0.2) is 8.32 Å². The van der Waals surface area contributed by atoms with Crippen molar-refractivity contribution < 1.29 is 22.4 Å². The lowest BCUT2D eigenvalue weighted by molar-refractivity contribution is -0.138. The molecule has 0 heterocycles. The largest absolute Gasteiger partial charge is 0.416 e. The molecule has 0 atom stereocenters. The normalized spacial score (nSPS) is 13.0. The van der Waals surface area contributed by atoms with Crippen molar-refractivity contribution in [1.82, 2.24) is 0 Å². The van der Waals surface area contributed by atoms with E-state index >= 15 is 0 Å². The van der Waals surface area contributed by atoms with Crippen LogP contribution in [0.4, 0.5) is 18.9 Å². The van der Waals surface area contributed by atoms with E-state index in [4.69, 9.17) is 4.43 Å². The number of amides is 1. The molecule has 0 saturated carbocycles. The van der Waals surface area contributed by atoms with Crippen LogP contribution in [0, 0.1) is 0 Å². The third-order valence-corrected chi connectivity index (χ3v) is 8.89. The van der Waals surface area contributed by atoms with Crippen LogP contribution < -0.4 is 5.32 Å². The topological polar surface area (TPSA) is 38.3 Å². The number of halogens is 3. The van der Waals surface area contributed by atoms with Crippen molar-refractivity contribution in [3.63, 3.8) is 0 Å². The van der Waals surface area contributed by atoms with Gasteiger partial charge in [0.05, 0.1) is 12.2 Å². The Labute approximate surface area is 142 Å². The van der Waals surface area contributed by atoms with E-state index in [2.05, 4.69) is 5.32 Å². The standard InChI is InChI=1S/C17H26F3NO2Si/c1-7-15(22)21-13-9-8-12(14(10-13)17(18,19)20)11-23-24(5,6)16(2,3)4/h8-10H,7,11H2,1-6H3,(H,21,22). The first-order valence-electron chi connectivity index (χ1n) is 7.92. The number of anilines is 1. The zero-order valence-corrected chi connectivity index (χ0v) is 16.1. The molecule has 1 rings (SSSR count). The second-order valence-corrected chi connectivity index (χ2v) is 12.1. The molecule has 0 aliphatic heterocycles. The van der Waals surface area contributed by atoms with Crippen LogP contribution in [-0.4, -0.2) is 14.2 Å². The van der Waals surface area contributed by atoms with Crippen LogP contribution in [0.1, 0.15) is 45.2 Å². The number of carbonyl (C=O) groups is 1. The molecule has 1 aromatic rings. The van der Waals surface area contributed by atoms with Crippen LogP contribution in [0.3, 0.4) is 0 Å². The molecule has 1 N–H and O–H groups in total. The Morgan fingerprint density at radius 2 is 1.79 bits per heavy atom. The highest BCUT2D eigenvalue weighted by molar-refractivity contribution is 6.74. The number of rotatable bonds is 5. The fourth-order valence-corrected chi connectivity index (χ4v) is 2.72. The summed E-state index contributed by atoms with van der Waals surface area (Å²) in [5.74, 6) is -0.326. The Hall–Kier alpha value is -1.34. The number of benzene rings is 1. The van der Waals surface area contributed by atoms with Crippen molar-refractivity contribution in [2.45, 2.75) is 65.0 Å². The molecule has 3 nitrogen and oxygen atoms in total. The molecule has 0 bridgehead atoms. The minimum Gasteiger partial charge on any atom is -0.413 e. The van der Waals surface area contributed by atoms with Gasteiger partial charge in [-0.05, 0) is 35.8 Å². The first-order valence-corrected chi connectivity index (χ1v) is 10.8. The predicted molar refractivity (Wildman–Crippen MR) is 92.4 cm³/mol. The van der Waals surface area contributed by atoms with E-state index < -0.39 is 20.1 Å². The van der Waals surface area contributed by atoms with Crippen LogP contribution in [0.2, 0.25) is 18.1 Å². The monoisotopic (exact) mass is 361 g/mol. The Morgan fingerprint density at radius 3 is 2.25 bits per heavy atom. The molecule has 0 saturated heterocycles. The summed E-state index contributed by atoms with van der Waals surface area (Å²) < 4.78 is 45.9. The second kappa shape index (κ2) is 7.27. The summed E-state index contributed by atoms with van der Waals surface area (Å²) in [5, 5.41) is 2.37. The second-order valence-electron chi connectivity index (χ2n) is 7.32. The number of hydrogen-bond donors (Lipinski definition) is 1. The van der Waals surface area contributed by atoms with E-state index in [1.165, 1.54) is 12.1 Å². The summed E-state index contributed by atoms with van der Waals surface area (Å²) in [5.41, 5.74) is -0.540. The fourth-order valence-electron chi connectivity index (χ4n) is 1.77. The van der Waals surface area contributed by atoms with Crippen molar-refractivity contribution in [2.75, 3.05) is 5.32 Å². The molecule has 0 fully saturated rings. The summed E-state index contributed by atoms with van der Waals surface area (Å²) in [6.07, 6.45) is -4.29. The summed E-state index contributed by atoms with van der Waals surface area (Å²) >= 11 is 0. The highest BCUT2D eigenvalue weighted by Crippen LogP contribution is 2.39. The fraction of sp³-hybridized carbons (Fsp3) is 0.588. The third kappa shape index (κ3) is 5.34. The number of nitrogens with one attached hydrogen (secondary N) is 1. The molecule has 0 radical (unpaired) electrons. The number of alkyl halides is 3. The van der Waals surface area contributed by atoms with Gasteiger partial charge < -0.3 is 9.74 Å². The lowest BCUT2D eigenvalue weighted by Crippen LogP contribution is -2.40. The van der Waals surface area contributed by atoms with E-state index in [-0.39, 0.29) is 35.2 Å². The maximum absolute atomic E-state index is 13.3. The summed E-state index contributed by atoms with van der Waals surface area (Å²) in [7, 11) is -2.15. The molecule has 0 aliphatic rings. The van der Waals surface area contributed by atoms with Crippen LogP contribution in [0.15, 0.2) is 18.2 Å². The van der Waals surface area contributed by atoms with Gasteiger partial charge in [0.1, 0.15) is 0 Å². The molecule has 136 valence electrons. The molecule has 24 heavy (non-hydrogen) atoms. The molecule has 7 heteroatoms. The lowest BCUT2D eigenvalue weighted by Gasteiger charge is -2.36. The zero-order valence-electron chi connectivity index (χ0n) is 15.1. The SMILES string of the molecule is CCC(=O)Nc1ccc(CO[Si](C)(C)C(C)(C)C)c(C(F)(F)F)c1. The highest BCUT2D eigenvalue weighted by atomic mass is 28.4. The Bertz CT molecular complexity index is 592. The van der Waals surface area contributed by atoms with Crippen LogP contribution in [0.5, 0.6) is 0 Å². The van der Waals surface area contributed by atoms with Crippen LogP contribution in [0.25, 0.3) is 0 Å². The van der Waals surface area contributed by atoms with Gasteiger partial charge in [0.2, 0.25) is 5.91 Å². The molecular weight excluding hydrogens is 335 g/mol. The van der Waals surface area contributed by atoms with Gasteiger partial charge in [0, 0.05) is 12.1 Å². The molecule has 1 aromatic carbocycles. The van der Waals surface area contributed by atoms with Gasteiger partial charge in [-0.2, -0.15) is 13.2 Å². The molecule has 0 aromatic heterocycles. The smallest absolute Gasteiger partial charge is 0.413 e. The molecule has 0 unspecified atom stereocenters. The first-order chi connectivity index (χ1) is 10.8. The van der Waals surface area contributed by atoms with Gasteiger partial charge >= 0.3 is 6.18 Å². The number of hydrogen-bond acceptors (Lipinski definition) is 2. The van der Waals surface area contributed by atoms with Gasteiger partial charge in [-0.25, -0.2) is 0 Å². The third-order valence-electron chi connectivity index (χ3n) is 4.41. The first kappa shape index (κ1) is 20.7. The van der Waals surface area contributed by atoms with Crippen molar-refractivity contribution >= 4 is 19.9 Å². The van der Waals surface area contributed by atoms with Crippen LogP contribution in [-0.2, 0) is 22.0 Å². The van der Waals surface area contributed by atoms with Crippen molar-refractivity contribution in [3.8, 4) is 0 Å². The molecule has 1 amide bonds. The Balaban J connectivity index is 3.09. The van der Waals surface area contributed by atoms with Gasteiger partial charge in [0.25, 0.3) is 0 Å². The van der Waals surface area contributed by atoms with Crippen LogP contribution >= 0.6 is 0 Å². The number of carbonyl (C=O) groups excluding carboxylic acids is 1. The average Bonchev–Trinajstić information content (AvgIpc) is 2.43. The summed E-state index contributed by atoms with van der Waals surface area (Å²) in [6, 6.07) is 3.83. The lowest BCUT2D eigenvalue weighted by atomic mass is 10.1. The van der Waals surface area contributed by atoms with E-state index in [1.54, 1.807) is 6.92 Å². The maximum atomic E-state index is 13.3. The van der Waals surface area contributed by atoms with Crippen molar-refractivity contribution in [1.29, 1.82) is 0 Å². The van der Waals surface area contributed by atoms with Gasteiger partial charge in [-0.15, -0.1) is 0 Å². The van der Waals surface area contributed by atoms with Crippen molar-refractivity contribution in [3.05, 3.63) is 29.3 Å². The van der Waals surface area contributed by atoms with E-state index in [9.17, 15) is 18.0 Å². The Kier molecular flexibility index (Phi) is 6.27.